The lowest BCUT2D eigenvalue weighted by Crippen LogP contribution is -2.52. The second-order valence-electron chi connectivity index (χ2n) is 5.68. The van der Waals surface area contributed by atoms with Crippen LogP contribution in [0.2, 0.25) is 5.02 Å². The molecule has 1 heterocycles. The zero-order chi connectivity index (χ0) is 17.3. The zero-order valence-electron chi connectivity index (χ0n) is 13.1. The van der Waals surface area contributed by atoms with Crippen LogP contribution >= 0.6 is 11.6 Å². The van der Waals surface area contributed by atoms with E-state index < -0.39 is 11.7 Å². The first-order valence-electron chi connectivity index (χ1n) is 7.57. The van der Waals surface area contributed by atoms with E-state index in [-0.39, 0.29) is 23.0 Å². The highest BCUT2D eigenvalue weighted by Crippen LogP contribution is 2.24. The number of nitrogens with zero attached hydrogens (tertiary/aromatic N) is 2. The van der Waals surface area contributed by atoms with Crippen LogP contribution in [-0.2, 0) is 4.79 Å². The Hall–Kier alpha value is -2.40. The summed E-state index contributed by atoms with van der Waals surface area (Å²) in [5, 5.41) is 0.176. The molecular formula is C18H16ClFN2O2. The van der Waals surface area contributed by atoms with E-state index in [9.17, 15) is 14.0 Å². The van der Waals surface area contributed by atoms with Gasteiger partial charge in [-0.05, 0) is 36.8 Å². The van der Waals surface area contributed by atoms with E-state index in [1.165, 1.54) is 17.0 Å². The molecular weight excluding hydrogens is 331 g/mol. The highest BCUT2D eigenvalue weighted by atomic mass is 35.5. The zero-order valence-corrected chi connectivity index (χ0v) is 13.9. The first kappa shape index (κ1) is 16.5. The number of piperazine rings is 1. The maximum atomic E-state index is 13.4. The van der Waals surface area contributed by atoms with Crippen LogP contribution in [0.3, 0.4) is 0 Å². The van der Waals surface area contributed by atoms with E-state index in [1.807, 2.05) is 31.2 Å². The van der Waals surface area contributed by atoms with Gasteiger partial charge in [-0.15, -0.1) is 0 Å². The van der Waals surface area contributed by atoms with Gasteiger partial charge in [0.05, 0.1) is 10.6 Å². The summed E-state index contributed by atoms with van der Waals surface area (Å²) in [6.07, 6.45) is 0. The summed E-state index contributed by atoms with van der Waals surface area (Å²) in [6.45, 7) is 2.64. The minimum Gasteiger partial charge on any atom is -0.327 e. The highest BCUT2D eigenvalue weighted by molar-refractivity contribution is 6.33. The molecule has 0 unspecified atom stereocenters. The third kappa shape index (κ3) is 3.12. The molecule has 124 valence electrons. The summed E-state index contributed by atoms with van der Waals surface area (Å²) in [5.74, 6) is -1.14. The molecule has 0 N–H and O–H groups in total. The molecule has 1 aliphatic rings. The Kier molecular flexibility index (Phi) is 4.53. The van der Waals surface area contributed by atoms with E-state index >= 15 is 0 Å². The van der Waals surface area contributed by atoms with E-state index in [2.05, 4.69) is 0 Å². The van der Waals surface area contributed by atoms with Crippen LogP contribution in [0.1, 0.15) is 15.9 Å². The lowest BCUT2D eigenvalue weighted by Gasteiger charge is -2.35. The van der Waals surface area contributed by atoms with Crippen LogP contribution in [0.15, 0.2) is 42.5 Å². The maximum Gasteiger partial charge on any atom is 0.256 e. The van der Waals surface area contributed by atoms with E-state index in [1.54, 1.807) is 4.90 Å². The van der Waals surface area contributed by atoms with Crippen LogP contribution in [0, 0.1) is 12.7 Å². The van der Waals surface area contributed by atoms with E-state index in [0.717, 1.165) is 17.3 Å². The van der Waals surface area contributed by atoms with Crippen LogP contribution in [0.5, 0.6) is 0 Å². The Morgan fingerprint density at radius 3 is 2.62 bits per heavy atom. The average molecular weight is 347 g/mol. The summed E-state index contributed by atoms with van der Waals surface area (Å²) < 4.78 is 13.4. The number of para-hydroxylation sites is 1. The van der Waals surface area contributed by atoms with Gasteiger partial charge in [0, 0.05) is 18.8 Å². The number of halogens is 2. The van der Waals surface area contributed by atoms with Crippen molar-refractivity contribution in [2.45, 2.75) is 6.92 Å². The van der Waals surface area contributed by atoms with Crippen LogP contribution in [-0.4, -0.2) is 36.3 Å². The molecule has 1 fully saturated rings. The predicted molar refractivity (Wildman–Crippen MR) is 90.8 cm³/mol. The topological polar surface area (TPSA) is 40.6 Å². The fourth-order valence-corrected chi connectivity index (χ4v) is 3.00. The van der Waals surface area contributed by atoms with Crippen molar-refractivity contribution in [2.24, 2.45) is 0 Å². The molecule has 0 bridgehead atoms. The standard InChI is InChI=1S/C18H16ClFN2O2/c1-12-4-2-3-5-16(12)22-9-8-21(11-17(22)23)18(24)14-10-13(20)6-7-15(14)19/h2-7,10H,8-9,11H2,1H3. The van der Waals surface area contributed by atoms with Gasteiger partial charge in [-0.1, -0.05) is 29.8 Å². The Balaban J connectivity index is 1.78. The van der Waals surface area contributed by atoms with Crippen molar-refractivity contribution >= 4 is 29.1 Å². The molecule has 1 aliphatic heterocycles. The number of benzene rings is 2. The highest BCUT2D eigenvalue weighted by Gasteiger charge is 2.30. The first-order chi connectivity index (χ1) is 11.5. The van der Waals surface area contributed by atoms with Crippen molar-refractivity contribution < 1.29 is 14.0 Å². The molecule has 1 saturated heterocycles. The summed E-state index contributed by atoms with van der Waals surface area (Å²) in [7, 11) is 0. The Morgan fingerprint density at radius 1 is 1.17 bits per heavy atom. The average Bonchev–Trinajstić information content (AvgIpc) is 2.57. The minimum atomic E-state index is -0.535. The van der Waals surface area contributed by atoms with Crippen molar-refractivity contribution in [1.29, 1.82) is 0 Å². The number of hydrogen-bond donors (Lipinski definition) is 0. The molecule has 24 heavy (non-hydrogen) atoms. The molecule has 0 spiro atoms. The fraction of sp³-hybridized carbons (Fsp3) is 0.222. The Morgan fingerprint density at radius 2 is 1.92 bits per heavy atom. The third-order valence-electron chi connectivity index (χ3n) is 4.07. The quantitative estimate of drug-likeness (QED) is 0.837. The lowest BCUT2D eigenvalue weighted by atomic mass is 10.1. The van der Waals surface area contributed by atoms with Crippen molar-refractivity contribution in [3.05, 3.63) is 64.4 Å². The van der Waals surface area contributed by atoms with Crippen molar-refractivity contribution in [1.82, 2.24) is 4.90 Å². The molecule has 6 heteroatoms. The normalized spacial score (nSPS) is 14.9. The van der Waals surface area contributed by atoms with Gasteiger partial charge in [-0.25, -0.2) is 4.39 Å². The van der Waals surface area contributed by atoms with Gasteiger partial charge >= 0.3 is 0 Å². The van der Waals surface area contributed by atoms with E-state index in [0.29, 0.717) is 13.1 Å². The summed E-state index contributed by atoms with van der Waals surface area (Å²) >= 11 is 5.98. The summed E-state index contributed by atoms with van der Waals surface area (Å²) in [6, 6.07) is 11.2. The predicted octanol–water partition coefficient (Wildman–Crippen LogP) is 3.28. The Labute approximate surface area is 144 Å². The second kappa shape index (κ2) is 6.61. The molecule has 0 saturated carbocycles. The fourth-order valence-electron chi connectivity index (χ4n) is 2.80. The molecule has 2 aromatic rings. The number of amides is 2. The minimum absolute atomic E-state index is 0.0555. The van der Waals surface area contributed by atoms with Crippen molar-refractivity contribution in [3.8, 4) is 0 Å². The smallest absolute Gasteiger partial charge is 0.256 e. The number of carbonyl (C=O) groups is 2. The van der Waals surface area contributed by atoms with Crippen molar-refractivity contribution in [2.75, 3.05) is 24.5 Å². The number of aryl methyl sites for hydroxylation is 1. The molecule has 2 aromatic carbocycles. The molecule has 0 atom stereocenters. The molecule has 4 nitrogen and oxygen atoms in total. The van der Waals surface area contributed by atoms with Crippen LogP contribution < -0.4 is 4.90 Å². The lowest BCUT2D eigenvalue weighted by molar-refractivity contribution is -0.120. The maximum absolute atomic E-state index is 13.4. The molecule has 0 radical (unpaired) electrons. The van der Waals surface area contributed by atoms with Gasteiger partial charge < -0.3 is 9.80 Å². The monoisotopic (exact) mass is 346 g/mol. The number of anilines is 1. The largest absolute Gasteiger partial charge is 0.327 e. The van der Waals surface area contributed by atoms with Gasteiger partial charge in [0.2, 0.25) is 5.91 Å². The number of rotatable bonds is 2. The molecule has 0 aliphatic carbocycles. The molecule has 2 amide bonds. The summed E-state index contributed by atoms with van der Waals surface area (Å²) in [4.78, 5) is 28.1. The number of hydrogen-bond acceptors (Lipinski definition) is 2. The summed E-state index contributed by atoms with van der Waals surface area (Å²) in [5.41, 5.74) is 1.92. The first-order valence-corrected chi connectivity index (χ1v) is 7.95. The van der Waals surface area contributed by atoms with Gasteiger partial charge in [-0.2, -0.15) is 0 Å². The van der Waals surface area contributed by atoms with Gasteiger partial charge in [0.25, 0.3) is 5.91 Å². The number of carbonyl (C=O) groups excluding carboxylic acids is 2. The van der Waals surface area contributed by atoms with Crippen molar-refractivity contribution in [3.63, 3.8) is 0 Å². The second-order valence-corrected chi connectivity index (χ2v) is 6.09. The third-order valence-corrected chi connectivity index (χ3v) is 4.40. The molecule has 0 aromatic heterocycles. The van der Waals surface area contributed by atoms with Gasteiger partial charge in [0.1, 0.15) is 12.4 Å². The van der Waals surface area contributed by atoms with Gasteiger partial charge in [-0.3, -0.25) is 9.59 Å². The van der Waals surface area contributed by atoms with Crippen LogP contribution in [0.4, 0.5) is 10.1 Å². The van der Waals surface area contributed by atoms with Crippen LogP contribution in [0.25, 0.3) is 0 Å². The Bertz CT molecular complexity index is 809. The molecule has 3 rings (SSSR count). The van der Waals surface area contributed by atoms with Gasteiger partial charge in [0.15, 0.2) is 0 Å². The van der Waals surface area contributed by atoms with E-state index in [4.69, 9.17) is 11.6 Å². The SMILES string of the molecule is Cc1ccccc1N1CCN(C(=O)c2cc(F)ccc2Cl)CC1=O.